The Hall–Kier alpha value is -2.81. The molecular weight excluding hydrogens is 382 g/mol. The predicted octanol–water partition coefficient (Wildman–Crippen LogP) is 2.81. The van der Waals surface area contributed by atoms with Gasteiger partial charge in [0.2, 0.25) is 5.91 Å². The normalized spacial score (nSPS) is 10.4. The molecule has 0 spiro atoms. The van der Waals surface area contributed by atoms with Gasteiger partial charge in [0.05, 0.1) is 30.2 Å². The third-order valence-electron chi connectivity index (χ3n) is 3.61. The number of hydrogen-bond acceptors (Lipinski definition) is 7. The quantitative estimate of drug-likeness (QED) is 0.375. The first-order valence-corrected chi connectivity index (χ1v) is 9.78. The van der Waals surface area contributed by atoms with Crippen LogP contribution in [0.2, 0.25) is 0 Å². The molecule has 0 aliphatic heterocycles. The molecule has 0 fully saturated rings. The van der Waals surface area contributed by atoms with E-state index in [2.05, 4.69) is 15.3 Å². The summed E-state index contributed by atoms with van der Waals surface area (Å²) in [5.41, 5.74) is 0.665. The van der Waals surface area contributed by atoms with Gasteiger partial charge in [-0.15, -0.1) is 0 Å². The number of anilines is 1. The number of ketones is 1. The number of Topliss-reactive ketones (excluding diaryl/α,β-unsaturated/α-hetero) is 1. The standard InChI is InChI=1S/C19H23N3O5S/c1-5-26-13-7-8-15(27-6-2)14(9-13)21-16(24)10-28-18-17(12(4)23)11(3)20-19(25)22-18/h7-9H,5-6,10H2,1-4H3,(H,21,24)(H,20,22,25). The fourth-order valence-electron chi connectivity index (χ4n) is 2.54. The van der Waals surface area contributed by atoms with Crippen LogP contribution >= 0.6 is 11.8 Å². The van der Waals surface area contributed by atoms with Gasteiger partial charge in [-0.1, -0.05) is 11.8 Å². The lowest BCUT2D eigenvalue weighted by Gasteiger charge is -2.13. The van der Waals surface area contributed by atoms with Crippen molar-refractivity contribution < 1.29 is 19.1 Å². The number of carbonyl (C=O) groups excluding carboxylic acids is 2. The molecule has 0 aliphatic rings. The summed E-state index contributed by atoms with van der Waals surface area (Å²) in [6, 6.07) is 5.18. The molecule has 0 unspecified atom stereocenters. The van der Waals surface area contributed by atoms with Gasteiger partial charge in [-0.25, -0.2) is 4.79 Å². The zero-order valence-electron chi connectivity index (χ0n) is 16.3. The van der Waals surface area contributed by atoms with Crippen LogP contribution in [0, 0.1) is 6.92 Å². The van der Waals surface area contributed by atoms with E-state index >= 15 is 0 Å². The molecule has 2 aromatic rings. The van der Waals surface area contributed by atoms with Crippen LogP contribution in [0.25, 0.3) is 0 Å². The molecule has 1 amide bonds. The summed E-state index contributed by atoms with van der Waals surface area (Å²) in [4.78, 5) is 42.2. The van der Waals surface area contributed by atoms with E-state index in [-0.39, 0.29) is 22.5 Å². The number of ether oxygens (including phenoxy) is 2. The maximum atomic E-state index is 12.4. The molecule has 0 radical (unpaired) electrons. The number of H-pyrrole nitrogens is 1. The molecule has 9 heteroatoms. The Morgan fingerprint density at radius 2 is 1.93 bits per heavy atom. The van der Waals surface area contributed by atoms with Gasteiger partial charge in [-0.3, -0.25) is 9.59 Å². The van der Waals surface area contributed by atoms with Gasteiger partial charge in [0.25, 0.3) is 0 Å². The van der Waals surface area contributed by atoms with Crippen molar-refractivity contribution in [2.45, 2.75) is 32.7 Å². The maximum absolute atomic E-state index is 12.4. The lowest BCUT2D eigenvalue weighted by molar-refractivity contribution is -0.113. The second-order valence-electron chi connectivity index (χ2n) is 5.76. The Bertz CT molecular complexity index is 926. The summed E-state index contributed by atoms with van der Waals surface area (Å²) < 4.78 is 11.0. The number of thioether (sulfide) groups is 1. The van der Waals surface area contributed by atoms with Crippen LogP contribution < -0.4 is 20.5 Å². The van der Waals surface area contributed by atoms with Crippen LogP contribution in [0.4, 0.5) is 5.69 Å². The molecule has 0 aliphatic carbocycles. The minimum absolute atomic E-state index is 0.0272. The molecule has 150 valence electrons. The van der Waals surface area contributed by atoms with Crippen LogP contribution in [0.1, 0.15) is 36.8 Å². The third-order valence-corrected chi connectivity index (χ3v) is 4.59. The second kappa shape index (κ2) is 9.93. The van der Waals surface area contributed by atoms with Gasteiger partial charge in [-0.05, 0) is 39.8 Å². The van der Waals surface area contributed by atoms with E-state index in [1.54, 1.807) is 25.1 Å². The number of nitrogens with one attached hydrogen (secondary N) is 2. The smallest absolute Gasteiger partial charge is 0.346 e. The SMILES string of the molecule is CCOc1ccc(OCC)c(NC(=O)CSc2nc(=O)[nH]c(C)c2C(C)=O)c1. The minimum atomic E-state index is -0.562. The van der Waals surface area contributed by atoms with Crippen molar-refractivity contribution in [1.29, 1.82) is 0 Å². The Morgan fingerprint density at radius 1 is 1.21 bits per heavy atom. The highest BCUT2D eigenvalue weighted by molar-refractivity contribution is 8.00. The van der Waals surface area contributed by atoms with Crippen molar-refractivity contribution in [3.8, 4) is 11.5 Å². The molecule has 0 saturated heterocycles. The van der Waals surface area contributed by atoms with Crippen LogP contribution in [0.5, 0.6) is 11.5 Å². The summed E-state index contributed by atoms with van der Waals surface area (Å²) >= 11 is 1.03. The highest BCUT2D eigenvalue weighted by Crippen LogP contribution is 2.30. The number of carbonyl (C=O) groups is 2. The fourth-order valence-corrected chi connectivity index (χ4v) is 3.47. The van der Waals surface area contributed by atoms with Crippen molar-refractivity contribution >= 4 is 29.1 Å². The zero-order chi connectivity index (χ0) is 20.7. The number of hydrogen-bond donors (Lipinski definition) is 2. The number of rotatable bonds is 9. The number of aryl methyl sites for hydroxylation is 1. The number of aromatic nitrogens is 2. The van der Waals surface area contributed by atoms with Crippen LogP contribution in [-0.2, 0) is 4.79 Å². The summed E-state index contributed by atoms with van der Waals surface area (Å²) in [5, 5.41) is 3.01. The lowest BCUT2D eigenvalue weighted by atomic mass is 10.2. The molecule has 0 bridgehead atoms. The molecule has 0 atom stereocenters. The van der Waals surface area contributed by atoms with E-state index in [4.69, 9.17) is 9.47 Å². The Balaban J connectivity index is 2.16. The predicted molar refractivity (Wildman–Crippen MR) is 108 cm³/mol. The number of aromatic amines is 1. The first-order chi connectivity index (χ1) is 13.3. The first kappa shape index (κ1) is 21.5. The van der Waals surface area contributed by atoms with Crippen molar-refractivity contribution in [1.82, 2.24) is 9.97 Å². The highest BCUT2D eigenvalue weighted by atomic mass is 32.2. The minimum Gasteiger partial charge on any atom is -0.494 e. The summed E-state index contributed by atoms with van der Waals surface area (Å²) in [7, 11) is 0. The van der Waals surface area contributed by atoms with E-state index in [1.165, 1.54) is 6.92 Å². The van der Waals surface area contributed by atoms with Crippen molar-refractivity contribution in [2.24, 2.45) is 0 Å². The van der Waals surface area contributed by atoms with E-state index in [0.29, 0.717) is 41.7 Å². The topological polar surface area (TPSA) is 110 Å². The molecule has 28 heavy (non-hydrogen) atoms. The molecule has 1 heterocycles. The number of benzene rings is 1. The molecule has 8 nitrogen and oxygen atoms in total. The Labute approximate surface area is 167 Å². The Kier molecular flexibility index (Phi) is 7.62. The van der Waals surface area contributed by atoms with Crippen molar-refractivity contribution in [2.75, 3.05) is 24.3 Å². The average molecular weight is 405 g/mol. The molecule has 1 aromatic carbocycles. The molecule has 0 saturated carbocycles. The van der Waals surface area contributed by atoms with E-state index in [1.807, 2.05) is 13.8 Å². The molecule has 2 rings (SSSR count). The molecule has 1 aromatic heterocycles. The highest BCUT2D eigenvalue weighted by Gasteiger charge is 2.17. The Morgan fingerprint density at radius 3 is 2.57 bits per heavy atom. The van der Waals surface area contributed by atoms with Gasteiger partial charge in [0.15, 0.2) is 5.78 Å². The first-order valence-electron chi connectivity index (χ1n) is 8.79. The van der Waals surface area contributed by atoms with E-state index in [0.717, 1.165) is 11.8 Å². The van der Waals surface area contributed by atoms with Gasteiger partial charge >= 0.3 is 5.69 Å². The maximum Gasteiger partial charge on any atom is 0.346 e. The van der Waals surface area contributed by atoms with Gasteiger partial charge in [0, 0.05) is 11.8 Å². The summed E-state index contributed by atoms with van der Waals surface area (Å²) in [5.74, 6) is 0.556. The third kappa shape index (κ3) is 5.59. The summed E-state index contributed by atoms with van der Waals surface area (Å²) in [6.07, 6.45) is 0. The van der Waals surface area contributed by atoms with Crippen LogP contribution in [0.15, 0.2) is 28.0 Å². The number of amides is 1. The fraction of sp³-hybridized carbons (Fsp3) is 0.368. The van der Waals surface area contributed by atoms with Crippen molar-refractivity contribution in [3.63, 3.8) is 0 Å². The summed E-state index contributed by atoms with van der Waals surface area (Å²) in [6.45, 7) is 7.68. The average Bonchev–Trinajstić information content (AvgIpc) is 2.61. The van der Waals surface area contributed by atoms with Crippen molar-refractivity contribution in [3.05, 3.63) is 39.9 Å². The second-order valence-corrected chi connectivity index (χ2v) is 6.73. The monoisotopic (exact) mass is 405 g/mol. The van der Waals surface area contributed by atoms with E-state index in [9.17, 15) is 14.4 Å². The van der Waals surface area contributed by atoms with Gasteiger partial charge in [-0.2, -0.15) is 4.98 Å². The largest absolute Gasteiger partial charge is 0.494 e. The molecule has 2 N–H and O–H groups in total. The van der Waals surface area contributed by atoms with Gasteiger partial charge in [0.1, 0.15) is 16.5 Å². The number of nitrogens with zero attached hydrogens (tertiary/aromatic N) is 1. The zero-order valence-corrected chi connectivity index (χ0v) is 17.1. The van der Waals surface area contributed by atoms with Crippen LogP contribution in [0.3, 0.4) is 0 Å². The lowest BCUT2D eigenvalue weighted by Crippen LogP contribution is -2.19. The van der Waals surface area contributed by atoms with Crippen LogP contribution in [-0.4, -0.2) is 40.6 Å². The van der Waals surface area contributed by atoms with Gasteiger partial charge < -0.3 is 19.8 Å². The van der Waals surface area contributed by atoms with E-state index < -0.39 is 5.69 Å². The molecular formula is C19H23N3O5S.